The van der Waals surface area contributed by atoms with Crippen molar-refractivity contribution in [1.29, 1.82) is 0 Å². The summed E-state index contributed by atoms with van der Waals surface area (Å²) >= 11 is 0. The highest BCUT2D eigenvalue weighted by Gasteiger charge is 2.25. The van der Waals surface area contributed by atoms with Crippen molar-refractivity contribution in [2.24, 2.45) is 17.8 Å². The minimum atomic E-state index is 0.757. The Morgan fingerprint density at radius 2 is 1.33 bits per heavy atom. The molecule has 0 aliphatic heterocycles. The normalized spacial score (nSPS) is 27.1. The van der Waals surface area contributed by atoms with E-state index in [1.165, 1.54) is 87.8 Å². The summed E-state index contributed by atoms with van der Waals surface area (Å²) < 4.78 is 5.36. The summed E-state index contributed by atoms with van der Waals surface area (Å²) in [5.74, 6) is 4.68. The summed E-state index contributed by atoms with van der Waals surface area (Å²) in [4.78, 5) is 0. The summed E-state index contributed by atoms with van der Waals surface area (Å²) in [5.41, 5.74) is 1.55. The molecule has 1 nitrogen and oxygen atoms in total. The standard InChI is InChI=1S/C29H40O/c1-3-4-5-22-6-8-23(9-7-22)10-11-24-12-14-25(15-13-24)26-16-17-28-21-29(30-2)19-18-27(28)20-26/h3,16-25H,1,4-15H2,2H3. The van der Waals surface area contributed by atoms with Crippen LogP contribution in [0, 0.1) is 17.8 Å². The lowest BCUT2D eigenvalue weighted by Crippen LogP contribution is -2.17. The van der Waals surface area contributed by atoms with E-state index in [-0.39, 0.29) is 0 Å². The maximum atomic E-state index is 5.36. The van der Waals surface area contributed by atoms with Crippen LogP contribution in [0.1, 0.15) is 88.5 Å². The number of hydrogen-bond acceptors (Lipinski definition) is 1. The van der Waals surface area contributed by atoms with E-state index in [9.17, 15) is 0 Å². The molecule has 0 heterocycles. The van der Waals surface area contributed by atoms with Gasteiger partial charge in [0.25, 0.3) is 0 Å². The number of fused-ring (bicyclic) bond motifs is 1. The molecule has 2 aliphatic carbocycles. The van der Waals surface area contributed by atoms with Gasteiger partial charge in [-0.1, -0.05) is 68.9 Å². The molecule has 0 spiro atoms. The van der Waals surface area contributed by atoms with Crippen molar-refractivity contribution >= 4 is 10.8 Å². The van der Waals surface area contributed by atoms with E-state index in [1.807, 2.05) is 0 Å². The average Bonchev–Trinajstić information content (AvgIpc) is 2.81. The fourth-order valence-electron chi connectivity index (χ4n) is 6.04. The first-order chi connectivity index (χ1) is 14.7. The first-order valence-corrected chi connectivity index (χ1v) is 12.4. The molecule has 0 saturated heterocycles. The number of hydrogen-bond donors (Lipinski definition) is 0. The molecule has 2 aromatic carbocycles. The third-order valence-electron chi connectivity index (χ3n) is 8.12. The fourth-order valence-corrected chi connectivity index (χ4v) is 6.04. The highest BCUT2D eigenvalue weighted by molar-refractivity contribution is 5.84. The van der Waals surface area contributed by atoms with E-state index in [0.29, 0.717) is 0 Å². The molecule has 0 aromatic heterocycles. The van der Waals surface area contributed by atoms with Crippen molar-refractivity contribution < 1.29 is 4.74 Å². The van der Waals surface area contributed by atoms with E-state index in [1.54, 1.807) is 12.7 Å². The molecule has 4 rings (SSSR count). The number of benzene rings is 2. The van der Waals surface area contributed by atoms with Gasteiger partial charge in [-0.2, -0.15) is 0 Å². The zero-order chi connectivity index (χ0) is 20.8. The molecule has 0 N–H and O–H groups in total. The SMILES string of the molecule is C=CCCC1CCC(CCC2CCC(c3ccc4cc(OC)ccc4c3)CC2)CC1. The van der Waals surface area contributed by atoms with Gasteiger partial charge in [0.15, 0.2) is 0 Å². The fraction of sp³-hybridized carbons (Fsp3) is 0.586. The molecule has 2 saturated carbocycles. The molecule has 0 atom stereocenters. The van der Waals surface area contributed by atoms with Gasteiger partial charge in [-0.25, -0.2) is 0 Å². The Kier molecular flexibility index (Phi) is 7.52. The van der Waals surface area contributed by atoms with Gasteiger partial charge in [0, 0.05) is 0 Å². The van der Waals surface area contributed by atoms with Crippen molar-refractivity contribution in [1.82, 2.24) is 0 Å². The number of ether oxygens (including phenoxy) is 1. The third kappa shape index (κ3) is 5.48. The van der Waals surface area contributed by atoms with E-state index >= 15 is 0 Å². The molecule has 2 fully saturated rings. The second-order valence-electron chi connectivity index (χ2n) is 10.0. The largest absolute Gasteiger partial charge is 0.497 e. The highest BCUT2D eigenvalue weighted by atomic mass is 16.5. The van der Waals surface area contributed by atoms with Gasteiger partial charge >= 0.3 is 0 Å². The van der Waals surface area contributed by atoms with Crippen LogP contribution in [0.25, 0.3) is 10.8 Å². The Bertz CT molecular complexity index is 806. The number of methoxy groups -OCH3 is 1. The molecule has 2 aliphatic rings. The monoisotopic (exact) mass is 404 g/mol. The van der Waals surface area contributed by atoms with Gasteiger partial charge < -0.3 is 4.74 Å². The van der Waals surface area contributed by atoms with Gasteiger partial charge in [-0.3, -0.25) is 0 Å². The Morgan fingerprint density at radius 3 is 1.97 bits per heavy atom. The van der Waals surface area contributed by atoms with Gasteiger partial charge in [-0.15, -0.1) is 6.58 Å². The lowest BCUT2D eigenvalue weighted by Gasteiger charge is -2.32. The zero-order valence-electron chi connectivity index (χ0n) is 19.0. The first kappa shape index (κ1) is 21.5. The molecular formula is C29H40O. The van der Waals surface area contributed by atoms with E-state index in [2.05, 4.69) is 49.1 Å². The Balaban J connectivity index is 1.21. The van der Waals surface area contributed by atoms with Crippen LogP contribution >= 0.6 is 0 Å². The highest BCUT2D eigenvalue weighted by Crippen LogP contribution is 2.41. The first-order valence-electron chi connectivity index (χ1n) is 12.4. The van der Waals surface area contributed by atoms with E-state index < -0.39 is 0 Å². The molecule has 162 valence electrons. The summed E-state index contributed by atoms with van der Waals surface area (Å²) in [6, 6.07) is 13.5. The number of allylic oxidation sites excluding steroid dienone is 1. The Hall–Kier alpha value is -1.76. The van der Waals surface area contributed by atoms with E-state index in [0.717, 1.165) is 29.4 Å². The number of rotatable bonds is 8. The van der Waals surface area contributed by atoms with Crippen LogP contribution in [0.15, 0.2) is 49.1 Å². The second kappa shape index (κ2) is 10.5. The quantitative estimate of drug-likeness (QED) is 0.400. The molecule has 2 aromatic rings. The molecule has 1 heteroatoms. The molecule has 30 heavy (non-hydrogen) atoms. The van der Waals surface area contributed by atoms with Crippen molar-refractivity contribution in [3.8, 4) is 5.75 Å². The van der Waals surface area contributed by atoms with Crippen molar-refractivity contribution in [3.05, 3.63) is 54.6 Å². The van der Waals surface area contributed by atoms with Crippen LogP contribution in [0.4, 0.5) is 0 Å². The maximum Gasteiger partial charge on any atom is 0.119 e. The van der Waals surface area contributed by atoms with Gasteiger partial charge in [-0.05, 0) is 90.7 Å². The Labute approximate surface area is 183 Å². The summed E-state index contributed by atoms with van der Waals surface area (Å²) in [5, 5.41) is 2.63. The minimum Gasteiger partial charge on any atom is -0.497 e. The van der Waals surface area contributed by atoms with Crippen molar-refractivity contribution in [3.63, 3.8) is 0 Å². The van der Waals surface area contributed by atoms with Crippen molar-refractivity contribution in [2.75, 3.05) is 7.11 Å². The zero-order valence-corrected chi connectivity index (χ0v) is 19.0. The lowest BCUT2D eigenvalue weighted by molar-refractivity contribution is 0.225. The van der Waals surface area contributed by atoms with Crippen LogP contribution in [-0.2, 0) is 0 Å². The van der Waals surface area contributed by atoms with Gasteiger partial charge in [0.2, 0.25) is 0 Å². The smallest absolute Gasteiger partial charge is 0.119 e. The minimum absolute atomic E-state index is 0.757. The van der Waals surface area contributed by atoms with Gasteiger partial charge in [0.1, 0.15) is 5.75 Å². The molecular weight excluding hydrogens is 364 g/mol. The maximum absolute atomic E-state index is 5.36. The predicted octanol–water partition coefficient (Wildman–Crippen LogP) is 8.68. The van der Waals surface area contributed by atoms with Crippen LogP contribution in [0.3, 0.4) is 0 Å². The van der Waals surface area contributed by atoms with E-state index in [4.69, 9.17) is 4.74 Å². The summed E-state index contributed by atoms with van der Waals surface area (Å²) in [6.45, 7) is 3.88. The van der Waals surface area contributed by atoms with Crippen molar-refractivity contribution in [2.45, 2.75) is 83.0 Å². The molecule has 0 unspecified atom stereocenters. The molecule has 0 bridgehead atoms. The third-order valence-corrected chi connectivity index (χ3v) is 8.12. The van der Waals surface area contributed by atoms with Crippen LogP contribution in [0.5, 0.6) is 5.75 Å². The van der Waals surface area contributed by atoms with Crippen LogP contribution in [-0.4, -0.2) is 7.11 Å². The summed E-state index contributed by atoms with van der Waals surface area (Å²) in [7, 11) is 1.74. The Morgan fingerprint density at radius 1 is 0.767 bits per heavy atom. The van der Waals surface area contributed by atoms with Crippen LogP contribution in [0.2, 0.25) is 0 Å². The molecule has 0 radical (unpaired) electrons. The topological polar surface area (TPSA) is 9.23 Å². The predicted molar refractivity (Wildman–Crippen MR) is 129 cm³/mol. The van der Waals surface area contributed by atoms with Gasteiger partial charge in [0.05, 0.1) is 7.11 Å². The second-order valence-corrected chi connectivity index (χ2v) is 10.0. The molecule has 0 amide bonds. The summed E-state index contributed by atoms with van der Waals surface area (Å²) in [6.07, 6.45) is 19.2. The average molecular weight is 405 g/mol. The lowest BCUT2D eigenvalue weighted by atomic mass is 9.74. The van der Waals surface area contributed by atoms with Crippen LogP contribution < -0.4 is 4.74 Å².